The Labute approximate surface area is 136 Å². The summed E-state index contributed by atoms with van der Waals surface area (Å²) in [5, 5.41) is 1.74. The van der Waals surface area contributed by atoms with Crippen molar-refractivity contribution in [1.29, 1.82) is 0 Å². The molecule has 120 valence electrons. The van der Waals surface area contributed by atoms with Crippen LogP contribution in [0.15, 0.2) is 47.8 Å². The molecule has 0 saturated carbocycles. The molecule has 7 nitrogen and oxygen atoms in total. The predicted octanol–water partition coefficient (Wildman–Crippen LogP) is 1.13. The van der Waals surface area contributed by atoms with E-state index >= 15 is 0 Å². The first-order valence-corrected chi connectivity index (χ1v) is 7.49. The van der Waals surface area contributed by atoms with Crippen LogP contribution in [0.3, 0.4) is 0 Å². The number of carbonyl (C=O) groups excluding carboxylic acids is 3. The number of thiophene rings is 1. The largest absolute Gasteiger partial charge is 0.482 e. The summed E-state index contributed by atoms with van der Waals surface area (Å²) in [6.07, 6.45) is 0. The van der Waals surface area contributed by atoms with Crippen molar-refractivity contribution in [3.05, 3.63) is 52.7 Å². The maximum atomic E-state index is 11.6. The van der Waals surface area contributed by atoms with E-state index in [0.717, 1.165) is 0 Å². The number of ether oxygens (including phenoxy) is 2. The summed E-state index contributed by atoms with van der Waals surface area (Å²) < 4.78 is 9.90. The highest BCUT2D eigenvalue weighted by atomic mass is 32.1. The SMILES string of the molecule is O=C(COC(=O)COc1ccccc1)NNC(=O)c1cccs1. The molecule has 2 amide bonds. The van der Waals surface area contributed by atoms with Gasteiger partial charge in [0.1, 0.15) is 5.75 Å². The van der Waals surface area contributed by atoms with Crippen LogP contribution in [0.1, 0.15) is 9.67 Å². The van der Waals surface area contributed by atoms with Gasteiger partial charge in [-0.1, -0.05) is 24.3 Å². The lowest BCUT2D eigenvalue weighted by atomic mass is 10.3. The third kappa shape index (κ3) is 5.79. The van der Waals surface area contributed by atoms with Crippen molar-refractivity contribution in [1.82, 2.24) is 10.9 Å². The Kier molecular flexibility index (Phi) is 6.13. The van der Waals surface area contributed by atoms with E-state index in [1.807, 2.05) is 6.07 Å². The maximum Gasteiger partial charge on any atom is 0.344 e. The maximum absolute atomic E-state index is 11.6. The number of carbonyl (C=O) groups is 3. The van der Waals surface area contributed by atoms with Crippen LogP contribution in [0.4, 0.5) is 0 Å². The van der Waals surface area contributed by atoms with Crippen LogP contribution >= 0.6 is 11.3 Å². The second kappa shape index (κ2) is 8.54. The summed E-state index contributed by atoms with van der Waals surface area (Å²) in [7, 11) is 0. The second-order valence-electron chi connectivity index (χ2n) is 4.24. The van der Waals surface area contributed by atoms with Crippen LogP contribution in [0.2, 0.25) is 0 Å². The lowest BCUT2D eigenvalue weighted by Gasteiger charge is -2.08. The second-order valence-corrected chi connectivity index (χ2v) is 5.19. The fraction of sp³-hybridized carbons (Fsp3) is 0.133. The van der Waals surface area contributed by atoms with Gasteiger partial charge in [0.05, 0.1) is 4.88 Å². The van der Waals surface area contributed by atoms with E-state index in [1.165, 1.54) is 11.3 Å². The molecule has 1 aromatic heterocycles. The highest BCUT2D eigenvalue weighted by Crippen LogP contribution is 2.08. The van der Waals surface area contributed by atoms with Crippen LogP contribution in [0, 0.1) is 0 Å². The van der Waals surface area contributed by atoms with E-state index in [-0.39, 0.29) is 6.61 Å². The monoisotopic (exact) mass is 334 g/mol. The summed E-state index contributed by atoms with van der Waals surface area (Å²) in [6, 6.07) is 12.1. The Hall–Kier alpha value is -2.87. The summed E-state index contributed by atoms with van der Waals surface area (Å²) in [4.78, 5) is 34.9. The molecular formula is C15H14N2O5S. The smallest absolute Gasteiger partial charge is 0.344 e. The normalized spacial score (nSPS) is 9.74. The Morgan fingerprint density at radius 3 is 2.43 bits per heavy atom. The number of esters is 1. The van der Waals surface area contributed by atoms with Gasteiger partial charge in [0.2, 0.25) is 0 Å². The minimum atomic E-state index is -0.686. The molecular weight excluding hydrogens is 320 g/mol. The van der Waals surface area contributed by atoms with Gasteiger partial charge >= 0.3 is 5.97 Å². The zero-order valence-corrected chi connectivity index (χ0v) is 12.8. The summed E-state index contributed by atoms with van der Waals surface area (Å²) in [5.41, 5.74) is 4.37. The summed E-state index contributed by atoms with van der Waals surface area (Å²) in [6.45, 7) is -0.819. The van der Waals surface area contributed by atoms with Crippen molar-refractivity contribution in [3.8, 4) is 5.75 Å². The Bertz CT molecular complexity index is 658. The van der Waals surface area contributed by atoms with Gasteiger partial charge in [-0.2, -0.15) is 0 Å². The predicted molar refractivity (Wildman–Crippen MR) is 82.8 cm³/mol. The molecule has 0 aliphatic carbocycles. The number of hydrogen-bond acceptors (Lipinski definition) is 6. The van der Waals surface area contributed by atoms with Gasteiger partial charge in [-0.05, 0) is 23.6 Å². The summed E-state index contributed by atoms with van der Waals surface area (Å²) in [5.74, 6) is -1.25. The van der Waals surface area contributed by atoms with E-state index in [4.69, 9.17) is 9.47 Å². The molecule has 0 spiro atoms. The average Bonchev–Trinajstić information content (AvgIpc) is 3.11. The number of hydrazine groups is 1. The molecule has 0 aliphatic heterocycles. The molecule has 0 radical (unpaired) electrons. The molecule has 1 heterocycles. The number of amides is 2. The lowest BCUT2D eigenvalue weighted by Crippen LogP contribution is -2.43. The molecule has 0 saturated heterocycles. The first kappa shape index (κ1) is 16.5. The van der Waals surface area contributed by atoms with Crippen LogP contribution in [0.25, 0.3) is 0 Å². The molecule has 2 aromatic rings. The number of rotatable bonds is 6. The number of hydrogen-bond donors (Lipinski definition) is 2. The van der Waals surface area contributed by atoms with Crippen molar-refractivity contribution in [3.63, 3.8) is 0 Å². The van der Waals surface area contributed by atoms with E-state index < -0.39 is 24.4 Å². The van der Waals surface area contributed by atoms with E-state index in [0.29, 0.717) is 10.6 Å². The standard InChI is InChI=1S/C15H14N2O5S/c18-13(16-17-15(20)12-7-4-8-23-12)9-22-14(19)10-21-11-5-2-1-3-6-11/h1-8H,9-10H2,(H,16,18)(H,17,20). The van der Waals surface area contributed by atoms with Crippen molar-refractivity contribution in [2.75, 3.05) is 13.2 Å². The highest BCUT2D eigenvalue weighted by Gasteiger charge is 2.10. The average molecular weight is 334 g/mol. The van der Waals surface area contributed by atoms with Crippen molar-refractivity contribution >= 4 is 29.1 Å². The van der Waals surface area contributed by atoms with Crippen LogP contribution < -0.4 is 15.6 Å². The molecule has 23 heavy (non-hydrogen) atoms. The van der Waals surface area contributed by atoms with E-state index in [2.05, 4.69) is 10.9 Å². The Morgan fingerprint density at radius 2 is 1.74 bits per heavy atom. The molecule has 8 heteroatoms. The minimum absolute atomic E-state index is 0.307. The van der Waals surface area contributed by atoms with Crippen LogP contribution in [-0.4, -0.2) is 31.0 Å². The van der Waals surface area contributed by atoms with Gasteiger partial charge in [0, 0.05) is 0 Å². The van der Waals surface area contributed by atoms with Gasteiger partial charge in [-0.25, -0.2) is 4.79 Å². The molecule has 0 unspecified atom stereocenters. The fourth-order valence-corrected chi connectivity index (χ4v) is 2.10. The molecule has 0 atom stereocenters. The minimum Gasteiger partial charge on any atom is -0.482 e. The Balaban J connectivity index is 1.62. The number of nitrogens with one attached hydrogen (secondary N) is 2. The molecule has 2 N–H and O–H groups in total. The molecule has 0 fully saturated rings. The third-order valence-corrected chi connectivity index (χ3v) is 3.39. The quantitative estimate of drug-likeness (QED) is 0.610. The van der Waals surface area contributed by atoms with Gasteiger partial charge in [0.25, 0.3) is 11.8 Å². The van der Waals surface area contributed by atoms with Crippen molar-refractivity contribution < 1.29 is 23.9 Å². The fourth-order valence-electron chi connectivity index (χ4n) is 1.48. The summed E-state index contributed by atoms with van der Waals surface area (Å²) >= 11 is 1.24. The molecule has 2 rings (SSSR count). The zero-order valence-electron chi connectivity index (χ0n) is 12.0. The van der Waals surface area contributed by atoms with Crippen LogP contribution in [0.5, 0.6) is 5.75 Å². The molecule has 0 bridgehead atoms. The molecule has 1 aromatic carbocycles. The van der Waals surface area contributed by atoms with Gasteiger partial charge < -0.3 is 9.47 Å². The third-order valence-electron chi connectivity index (χ3n) is 2.52. The van der Waals surface area contributed by atoms with Crippen molar-refractivity contribution in [2.24, 2.45) is 0 Å². The van der Waals surface area contributed by atoms with E-state index in [9.17, 15) is 14.4 Å². The molecule has 0 aliphatic rings. The number of benzene rings is 1. The first-order chi connectivity index (χ1) is 11.1. The van der Waals surface area contributed by atoms with E-state index in [1.54, 1.807) is 41.8 Å². The number of para-hydroxylation sites is 1. The first-order valence-electron chi connectivity index (χ1n) is 6.61. The van der Waals surface area contributed by atoms with Crippen LogP contribution in [-0.2, 0) is 14.3 Å². The zero-order chi connectivity index (χ0) is 16.5. The highest BCUT2D eigenvalue weighted by molar-refractivity contribution is 7.12. The van der Waals surface area contributed by atoms with Gasteiger partial charge in [-0.15, -0.1) is 11.3 Å². The van der Waals surface area contributed by atoms with Gasteiger partial charge in [0.15, 0.2) is 13.2 Å². The van der Waals surface area contributed by atoms with Crippen molar-refractivity contribution in [2.45, 2.75) is 0 Å². The Morgan fingerprint density at radius 1 is 0.957 bits per heavy atom. The lowest BCUT2D eigenvalue weighted by molar-refractivity contribution is -0.150. The van der Waals surface area contributed by atoms with Gasteiger partial charge in [-0.3, -0.25) is 20.4 Å². The topological polar surface area (TPSA) is 93.7 Å².